The molecule has 0 spiro atoms. The molecule has 2 rings (SSSR count). The average molecular weight is 263 g/mol. The van der Waals surface area contributed by atoms with Gasteiger partial charge in [-0.05, 0) is 24.1 Å². The van der Waals surface area contributed by atoms with E-state index in [-0.39, 0.29) is 17.2 Å². The normalized spacial score (nSPS) is 10.4. The van der Waals surface area contributed by atoms with Crippen LogP contribution in [0.2, 0.25) is 5.02 Å². The van der Waals surface area contributed by atoms with E-state index in [1.807, 2.05) is 19.1 Å². The molecular weight excluding hydrogens is 251 g/mol. The van der Waals surface area contributed by atoms with Crippen LogP contribution in [0.1, 0.15) is 21.5 Å². The van der Waals surface area contributed by atoms with Gasteiger partial charge in [-0.1, -0.05) is 48.0 Å². The Balaban J connectivity index is 2.27. The number of hydrogen-bond donors (Lipinski definition) is 0. The number of hydrogen-bond acceptors (Lipinski definition) is 1. The first-order valence-electron chi connectivity index (χ1n) is 5.61. The monoisotopic (exact) mass is 262 g/mol. The van der Waals surface area contributed by atoms with E-state index in [1.165, 1.54) is 6.07 Å². The van der Waals surface area contributed by atoms with Crippen molar-refractivity contribution in [1.82, 2.24) is 0 Å². The van der Waals surface area contributed by atoms with Crippen molar-refractivity contribution in [3.05, 3.63) is 70.0 Å². The van der Waals surface area contributed by atoms with Gasteiger partial charge in [0.05, 0.1) is 5.02 Å². The first-order valence-corrected chi connectivity index (χ1v) is 5.99. The molecule has 0 unspecified atom stereocenters. The molecule has 0 atom stereocenters. The SMILES string of the molecule is Cc1ccccc1C(=O)Cc1cccc(Cl)c1F. The molecule has 2 aromatic carbocycles. The minimum absolute atomic E-state index is 0.0250. The molecule has 18 heavy (non-hydrogen) atoms. The van der Waals surface area contributed by atoms with Gasteiger partial charge in [-0.25, -0.2) is 4.39 Å². The van der Waals surface area contributed by atoms with Crippen LogP contribution in [0.4, 0.5) is 4.39 Å². The summed E-state index contributed by atoms with van der Waals surface area (Å²) in [6, 6.07) is 12.0. The molecule has 2 aromatic rings. The minimum Gasteiger partial charge on any atom is -0.294 e. The predicted molar refractivity (Wildman–Crippen MR) is 70.6 cm³/mol. The topological polar surface area (TPSA) is 17.1 Å². The summed E-state index contributed by atoms with van der Waals surface area (Å²) in [5.41, 5.74) is 1.84. The van der Waals surface area contributed by atoms with Gasteiger partial charge in [-0.2, -0.15) is 0 Å². The molecule has 0 bridgehead atoms. The third-order valence-electron chi connectivity index (χ3n) is 2.83. The zero-order valence-corrected chi connectivity index (χ0v) is 10.7. The van der Waals surface area contributed by atoms with Gasteiger partial charge in [0.2, 0.25) is 0 Å². The fourth-order valence-electron chi connectivity index (χ4n) is 1.84. The number of carbonyl (C=O) groups is 1. The second kappa shape index (κ2) is 5.32. The van der Waals surface area contributed by atoms with Crippen LogP contribution in [0.15, 0.2) is 42.5 Å². The molecule has 0 N–H and O–H groups in total. The maximum Gasteiger partial charge on any atom is 0.167 e. The van der Waals surface area contributed by atoms with E-state index in [1.54, 1.807) is 24.3 Å². The summed E-state index contributed by atoms with van der Waals surface area (Å²) in [5.74, 6) is -0.615. The minimum atomic E-state index is -0.513. The molecule has 0 saturated carbocycles. The molecule has 3 heteroatoms. The van der Waals surface area contributed by atoms with Gasteiger partial charge in [0.25, 0.3) is 0 Å². The van der Waals surface area contributed by atoms with Gasteiger partial charge in [0.15, 0.2) is 5.78 Å². The van der Waals surface area contributed by atoms with Crippen LogP contribution >= 0.6 is 11.6 Å². The molecule has 0 amide bonds. The Hall–Kier alpha value is -1.67. The summed E-state index contributed by atoms with van der Waals surface area (Å²) >= 11 is 5.69. The molecule has 0 aliphatic carbocycles. The number of benzene rings is 2. The highest BCUT2D eigenvalue weighted by atomic mass is 35.5. The summed E-state index contributed by atoms with van der Waals surface area (Å²) in [4.78, 5) is 12.1. The van der Waals surface area contributed by atoms with Crippen molar-refractivity contribution in [2.24, 2.45) is 0 Å². The second-order valence-electron chi connectivity index (χ2n) is 4.13. The quantitative estimate of drug-likeness (QED) is 0.757. The summed E-state index contributed by atoms with van der Waals surface area (Å²) in [5, 5.41) is 0.0464. The largest absolute Gasteiger partial charge is 0.294 e. The van der Waals surface area contributed by atoms with Crippen molar-refractivity contribution in [2.75, 3.05) is 0 Å². The van der Waals surface area contributed by atoms with Gasteiger partial charge < -0.3 is 0 Å². The number of rotatable bonds is 3. The van der Waals surface area contributed by atoms with Gasteiger partial charge in [-0.3, -0.25) is 4.79 Å². The molecule has 0 aromatic heterocycles. The zero-order valence-electron chi connectivity index (χ0n) is 9.91. The number of ketones is 1. The first kappa shape index (κ1) is 12.8. The van der Waals surface area contributed by atoms with E-state index in [2.05, 4.69) is 0 Å². The average Bonchev–Trinajstić information content (AvgIpc) is 2.35. The van der Waals surface area contributed by atoms with E-state index in [9.17, 15) is 9.18 Å². The number of carbonyl (C=O) groups excluding carboxylic acids is 1. The third-order valence-corrected chi connectivity index (χ3v) is 3.12. The smallest absolute Gasteiger partial charge is 0.167 e. The van der Waals surface area contributed by atoms with Crippen LogP contribution < -0.4 is 0 Å². The summed E-state index contributed by atoms with van der Waals surface area (Å²) in [6.45, 7) is 1.86. The lowest BCUT2D eigenvalue weighted by Crippen LogP contribution is -2.07. The van der Waals surface area contributed by atoms with Crippen LogP contribution in [0.3, 0.4) is 0 Å². The molecular formula is C15H12ClFO. The van der Waals surface area contributed by atoms with E-state index in [0.29, 0.717) is 11.1 Å². The van der Waals surface area contributed by atoms with Crippen molar-refractivity contribution in [3.63, 3.8) is 0 Å². The van der Waals surface area contributed by atoms with Gasteiger partial charge in [0.1, 0.15) is 5.82 Å². The standard InChI is InChI=1S/C15H12ClFO/c1-10-5-2-3-7-12(10)14(18)9-11-6-4-8-13(16)15(11)17/h2-8H,9H2,1H3. The van der Waals surface area contributed by atoms with Crippen LogP contribution in [-0.2, 0) is 6.42 Å². The van der Waals surface area contributed by atoms with Crippen molar-refractivity contribution < 1.29 is 9.18 Å². The predicted octanol–water partition coefficient (Wildman–Crippen LogP) is 4.21. The molecule has 0 fully saturated rings. The van der Waals surface area contributed by atoms with E-state index >= 15 is 0 Å². The summed E-state index contributed by atoms with van der Waals surface area (Å²) in [7, 11) is 0. The van der Waals surface area contributed by atoms with Gasteiger partial charge in [-0.15, -0.1) is 0 Å². The molecule has 0 aliphatic rings. The van der Waals surface area contributed by atoms with E-state index in [0.717, 1.165) is 5.56 Å². The molecule has 1 nitrogen and oxygen atoms in total. The highest BCUT2D eigenvalue weighted by Gasteiger charge is 2.13. The molecule has 0 saturated heterocycles. The summed E-state index contributed by atoms with van der Waals surface area (Å²) in [6.07, 6.45) is 0.0250. The van der Waals surface area contributed by atoms with Crippen molar-refractivity contribution in [1.29, 1.82) is 0 Å². The third kappa shape index (κ3) is 2.59. The Morgan fingerprint density at radius 3 is 2.61 bits per heavy atom. The van der Waals surface area contributed by atoms with Crippen LogP contribution in [0.25, 0.3) is 0 Å². The highest BCUT2D eigenvalue weighted by Crippen LogP contribution is 2.20. The van der Waals surface area contributed by atoms with E-state index < -0.39 is 5.82 Å². The van der Waals surface area contributed by atoms with Crippen LogP contribution in [-0.4, -0.2) is 5.78 Å². The van der Waals surface area contributed by atoms with E-state index in [4.69, 9.17) is 11.6 Å². The first-order chi connectivity index (χ1) is 8.59. The lowest BCUT2D eigenvalue weighted by Gasteiger charge is -2.06. The number of aryl methyl sites for hydroxylation is 1. The zero-order chi connectivity index (χ0) is 13.1. The number of Topliss-reactive ketones (excluding diaryl/α,β-unsaturated/α-hetero) is 1. The molecule has 0 aliphatic heterocycles. The summed E-state index contributed by atoms with van der Waals surface area (Å²) < 4.78 is 13.7. The van der Waals surface area contributed by atoms with Crippen LogP contribution in [0.5, 0.6) is 0 Å². The lowest BCUT2D eigenvalue weighted by atomic mass is 9.99. The fourth-order valence-corrected chi connectivity index (χ4v) is 2.03. The van der Waals surface area contributed by atoms with Gasteiger partial charge in [0, 0.05) is 12.0 Å². The Labute approximate surface area is 110 Å². The molecule has 0 heterocycles. The van der Waals surface area contributed by atoms with Gasteiger partial charge >= 0.3 is 0 Å². The molecule has 92 valence electrons. The number of halogens is 2. The van der Waals surface area contributed by atoms with Crippen molar-refractivity contribution >= 4 is 17.4 Å². The highest BCUT2D eigenvalue weighted by molar-refractivity contribution is 6.30. The Morgan fingerprint density at radius 2 is 1.89 bits per heavy atom. The molecule has 0 radical (unpaired) electrons. The lowest BCUT2D eigenvalue weighted by molar-refractivity contribution is 0.0991. The van der Waals surface area contributed by atoms with Crippen LogP contribution in [0, 0.1) is 12.7 Å². The fraction of sp³-hybridized carbons (Fsp3) is 0.133. The Morgan fingerprint density at radius 1 is 1.17 bits per heavy atom. The van der Waals surface area contributed by atoms with Crippen molar-refractivity contribution in [2.45, 2.75) is 13.3 Å². The Kier molecular flexibility index (Phi) is 3.78. The van der Waals surface area contributed by atoms with Crippen molar-refractivity contribution in [3.8, 4) is 0 Å². The second-order valence-corrected chi connectivity index (χ2v) is 4.54. The maximum atomic E-state index is 13.7. The Bertz CT molecular complexity index is 593. The maximum absolute atomic E-state index is 13.7.